The molecule has 8 aromatic carbocycles. The zero-order valence-electron chi connectivity index (χ0n) is 45.9. The van der Waals surface area contributed by atoms with E-state index in [9.17, 15) is 0 Å². The summed E-state index contributed by atoms with van der Waals surface area (Å²) >= 11 is 1.96. The van der Waals surface area contributed by atoms with E-state index in [-0.39, 0.29) is 33.8 Å². The van der Waals surface area contributed by atoms with Crippen molar-refractivity contribution in [1.82, 2.24) is 0 Å². The minimum Gasteiger partial charge on any atom is -0.311 e. The molecule has 0 aliphatic carbocycles. The van der Waals surface area contributed by atoms with Gasteiger partial charge < -0.3 is 14.7 Å². The van der Waals surface area contributed by atoms with Crippen LogP contribution in [0.15, 0.2) is 164 Å². The Hall–Kier alpha value is -6.56. The van der Waals surface area contributed by atoms with Crippen LogP contribution in [0.25, 0.3) is 20.2 Å². The molecule has 0 spiro atoms. The molecular formula is C68H72BN3S. The molecular weight excluding hydrogens is 902 g/mol. The fourth-order valence-corrected chi connectivity index (χ4v) is 12.6. The molecule has 11 rings (SSSR count). The molecule has 0 amide bonds. The van der Waals surface area contributed by atoms with Gasteiger partial charge in [0, 0.05) is 65.7 Å². The molecule has 0 saturated carbocycles. The minimum absolute atomic E-state index is 0.00877. The Morgan fingerprint density at radius 2 is 0.808 bits per heavy atom. The SMILES string of the molecule is CC(C)(C)c1ccc(N2c3ccc(C(C)(C)C)cc3B3c4c2cccc4N(c2ccc(C(C)(C)C)cc2)c2cc(N(c4ccc(C(C)(C)C)cc4)c4ccc(C(C)(C)C)cc4)c4c(sc5ccccc54)c23)cc1. The highest BCUT2D eigenvalue weighted by atomic mass is 32.1. The predicted octanol–water partition coefficient (Wildman–Crippen LogP) is 18.1. The van der Waals surface area contributed by atoms with Gasteiger partial charge in [0.1, 0.15) is 0 Å². The van der Waals surface area contributed by atoms with E-state index in [2.05, 4.69) is 282 Å². The molecule has 0 fully saturated rings. The van der Waals surface area contributed by atoms with Gasteiger partial charge in [-0.3, -0.25) is 0 Å². The van der Waals surface area contributed by atoms with Gasteiger partial charge in [-0.15, -0.1) is 11.3 Å². The van der Waals surface area contributed by atoms with Crippen molar-refractivity contribution in [3.05, 3.63) is 192 Å². The van der Waals surface area contributed by atoms with E-state index >= 15 is 0 Å². The monoisotopic (exact) mass is 974 g/mol. The summed E-state index contributed by atoms with van der Waals surface area (Å²) in [5, 5.41) is 2.57. The Labute approximate surface area is 440 Å². The summed E-state index contributed by atoms with van der Waals surface area (Å²) in [7, 11) is 0. The van der Waals surface area contributed by atoms with Crippen molar-refractivity contribution in [2.24, 2.45) is 0 Å². The largest absolute Gasteiger partial charge is 0.311 e. The highest BCUT2D eigenvalue weighted by Gasteiger charge is 2.46. The Kier molecular flexibility index (Phi) is 11.3. The van der Waals surface area contributed by atoms with Crippen LogP contribution in [0.3, 0.4) is 0 Å². The summed E-state index contributed by atoms with van der Waals surface area (Å²) in [5.41, 5.74) is 21.3. The van der Waals surface area contributed by atoms with Crippen molar-refractivity contribution < 1.29 is 0 Å². The van der Waals surface area contributed by atoms with E-state index in [4.69, 9.17) is 0 Å². The summed E-state index contributed by atoms with van der Waals surface area (Å²) in [6.45, 7) is 34.6. The molecule has 1 aromatic heterocycles. The maximum absolute atomic E-state index is 2.60. The number of fused-ring (bicyclic) bond motifs is 8. The summed E-state index contributed by atoms with van der Waals surface area (Å²) in [4.78, 5) is 7.70. The first kappa shape index (κ1) is 48.7. The van der Waals surface area contributed by atoms with Crippen LogP contribution in [0.2, 0.25) is 0 Å². The molecule has 0 atom stereocenters. The second kappa shape index (κ2) is 17.0. The molecule has 3 heterocycles. The highest BCUT2D eigenvalue weighted by Crippen LogP contribution is 2.52. The zero-order chi connectivity index (χ0) is 51.7. The zero-order valence-corrected chi connectivity index (χ0v) is 46.7. The quantitative estimate of drug-likeness (QED) is 0.159. The molecule has 0 saturated heterocycles. The van der Waals surface area contributed by atoms with Gasteiger partial charge in [0.15, 0.2) is 0 Å². The molecule has 0 N–H and O–H groups in total. The van der Waals surface area contributed by atoms with Crippen LogP contribution in [0.1, 0.15) is 132 Å². The number of rotatable bonds is 5. The van der Waals surface area contributed by atoms with E-state index in [1.165, 1.54) is 98.5 Å². The van der Waals surface area contributed by atoms with Gasteiger partial charge in [-0.2, -0.15) is 0 Å². The summed E-state index contributed by atoms with van der Waals surface area (Å²) in [6, 6.07) is 63.6. The predicted molar refractivity (Wildman–Crippen MR) is 322 cm³/mol. The number of benzene rings is 8. The van der Waals surface area contributed by atoms with Gasteiger partial charge in [-0.25, -0.2) is 0 Å². The summed E-state index contributed by atoms with van der Waals surface area (Å²) in [6.07, 6.45) is 0. The van der Waals surface area contributed by atoms with E-state index in [0.29, 0.717) is 0 Å². The summed E-state index contributed by atoms with van der Waals surface area (Å²) in [5.74, 6) is 0. The molecule has 0 radical (unpaired) electrons. The van der Waals surface area contributed by atoms with E-state index < -0.39 is 0 Å². The fourth-order valence-electron chi connectivity index (χ4n) is 11.3. The summed E-state index contributed by atoms with van der Waals surface area (Å²) < 4.78 is 2.62. The van der Waals surface area contributed by atoms with Gasteiger partial charge >= 0.3 is 0 Å². The number of hydrogen-bond acceptors (Lipinski definition) is 4. The van der Waals surface area contributed by atoms with Crippen molar-refractivity contribution in [1.29, 1.82) is 0 Å². The maximum atomic E-state index is 2.60. The van der Waals surface area contributed by atoms with Gasteiger partial charge in [0.25, 0.3) is 6.71 Å². The third kappa shape index (κ3) is 8.37. The molecule has 9 aromatic rings. The van der Waals surface area contributed by atoms with Crippen LogP contribution in [0.5, 0.6) is 0 Å². The van der Waals surface area contributed by atoms with E-state index in [1.807, 2.05) is 11.3 Å². The van der Waals surface area contributed by atoms with Crippen LogP contribution in [-0.2, 0) is 27.1 Å². The van der Waals surface area contributed by atoms with Crippen molar-refractivity contribution >= 4 is 106 Å². The smallest absolute Gasteiger partial charge is 0.254 e. The molecule has 73 heavy (non-hydrogen) atoms. The van der Waals surface area contributed by atoms with Crippen LogP contribution in [-0.4, -0.2) is 6.71 Å². The molecule has 368 valence electrons. The Morgan fingerprint density at radius 3 is 1.27 bits per heavy atom. The maximum Gasteiger partial charge on any atom is 0.254 e. The van der Waals surface area contributed by atoms with Gasteiger partial charge in [0.2, 0.25) is 0 Å². The van der Waals surface area contributed by atoms with Gasteiger partial charge in [-0.05, 0) is 150 Å². The lowest BCUT2D eigenvalue weighted by atomic mass is 9.33. The van der Waals surface area contributed by atoms with Crippen molar-refractivity contribution in [3.63, 3.8) is 0 Å². The van der Waals surface area contributed by atoms with Crippen LogP contribution in [0.4, 0.5) is 51.2 Å². The number of anilines is 9. The first-order valence-corrected chi connectivity index (χ1v) is 27.3. The van der Waals surface area contributed by atoms with Crippen molar-refractivity contribution in [2.75, 3.05) is 14.7 Å². The number of thiophene rings is 1. The van der Waals surface area contributed by atoms with Crippen LogP contribution >= 0.6 is 11.3 Å². The van der Waals surface area contributed by atoms with Gasteiger partial charge in [0.05, 0.1) is 5.69 Å². The minimum atomic E-state index is -0.0608. The van der Waals surface area contributed by atoms with Crippen LogP contribution < -0.4 is 31.1 Å². The average molecular weight is 974 g/mol. The Bertz CT molecular complexity index is 3510. The molecule has 0 unspecified atom stereocenters. The van der Waals surface area contributed by atoms with Crippen molar-refractivity contribution in [2.45, 2.75) is 131 Å². The highest BCUT2D eigenvalue weighted by molar-refractivity contribution is 7.28. The lowest BCUT2D eigenvalue weighted by Crippen LogP contribution is -2.61. The second-order valence-corrected chi connectivity index (χ2v) is 27.0. The Morgan fingerprint density at radius 1 is 0.384 bits per heavy atom. The fraction of sp³-hybridized carbons (Fsp3) is 0.294. The lowest BCUT2D eigenvalue weighted by Gasteiger charge is -2.45. The Balaban J connectivity index is 1.27. The standard InChI is InChI=1S/C68H72BN3S/c1-64(2,3)43-23-32-48(33-24-43)70(49-34-25-44(26-35-49)65(4,5)6)57-42-58-62(63-60(57)52-19-16-17-22-59(52)73-63)69-53-41-47(68(13,14)15)31-40-54(53)71(50-36-27-45(28-37-50)66(7,8)9)55-20-18-21-56(61(55)69)72(58)51-38-29-46(30-39-51)67(10,11)12/h16-42H,1-15H3. The first-order chi connectivity index (χ1) is 34.4. The number of hydrogen-bond donors (Lipinski definition) is 0. The second-order valence-electron chi connectivity index (χ2n) is 26.0. The third-order valence-corrected chi connectivity index (χ3v) is 16.9. The van der Waals surface area contributed by atoms with E-state index in [0.717, 1.165) is 17.1 Å². The average Bonchev–Trinajstić information content (AvgIpc) is 3.73. The first-order valence-electron chi connectivity index (χ1n) is 26.5. The number of nitrogens with zero attached hydrogens (tertiary/aromatic N) is 3. The van der Waals surface area contributed by atoms with Crippen molar-refractivity contribution in [3.8, 4) is 0 Å². The third-order valence-electron chi connectivity index (χ3n) is 15.7. The normalized spacial score (nSPS) is 13.9. The molecule has 5 heteroatoms. The van der Waals surface area contributed by atoms with E-state index in [1.54, 1.807) is 0 Å². The van der Waals surface area contributed by atoms with Crippen LogP contribution in [0, 0.1) is 0 Å². The molecule has 0 bridgehead atoms. The molecule has 3 nitrogen and oxygen atoms in total. The van der Waals surface area contributed by atoms with Gasteiger partial charge in [-0.1, -0.05) is 189 Å². The molecule has 2 aliphatic rings. The lowest BCUT2D eigenvalue weighted by molar-refractivity contribution is 0.590. The topological polar surface area (TPSA) is 9.72 Å². The molecule has 2 aliphatic heterocycles.